The Morgan fingerprint density at radius 2 is 1.61 bits per heavy atom. The third-order valence-corrected chi connectivity index (χ3v) is 6.87. The lowest BCUT2D eigenvalue weighted by atomic mass is 9.87. The van der Waals surface area contributed by atoms with Crippen LogP contribution in [0.15, 0.2) is 36.4 Å². The fourth-order valence-electron chi connectivity index (χ4n) is 5.18. The van der Waals surface area contributed by atoms with Crippen molar-refractivity contribution in [3.63, 3.8) is 0 Å². The van der Waals surface area contributed by atoms with Crippen molar-refractivity contribution >= 4 is 5.97 Å². The van der Waals surface area contributed by atoms with Crippen molar-refractivity contribution in [1.82, 2.24) is 4.90 Å². The number of carbonyl (C=O) groups excluding carboxylic acids is 1. The molecule has 2 saturated heterocycles. The molecule has 33 heavy (non-hydrogen) atoms. The predicted octanol–water partition coefficient (Wildman–Crippen LogP) is 4.28. The van der Waals surface area contributed by atoms with E-state index in [0.29, 0.717) is 47.3 Å². The second kappa shape index (κ2) is 10.3. The van der Waals surface area contributed by atoms with Gasteiger partial charge >= 0.3 is 5.97 Å². The highest BCUT2D eigenvalue weighted by atomic mass is 16.5. The summed E-state index contributed by atoms with van der Waals surface area (Å²) in [5, 5.41) is 0. The SMILES string of the molecule is COc1ccc(C2CC3CC(CC(=O)Oc4cc(OC)c(OC)c(OC)c4)CCN3C2)cc1. The van der Waals surface area contributed by atoms with Crippen LogP contribution in [-0.4, -0.2) is 58.4 Å². The number of hydrogen-bond acceptors (Lipinski definition) is 7. The molecule has 0 bridgehead atoms. The Balaban J connectivity index is 1.34. The number of nitrogens with zero attached hydrogens (tertiary/aromatic N) is 1. The first kappa shape index (κ1) is 23.2. The highest BCUT2D eigenvalue weighted by Gasteiger charge is 2.38. The van der Waals surface area contributed by atoms with Crippen LogP contribution in [0.5, 0.6) is 28.7 Å². The Labute approximate surface area is 195 Å². The molecule has 0 radical (unpaired) electrons. The van der Waals surface area contributed by atoms with Crippen molar-refractivity contribution in [2.45, 2.75) is 37.6 Å². The molecule has 0 aliphatic carbocycles. The van der Waals surface area contributed by atoms with Crippen LogP contribution < -0.4 is 23.7 Å². The van der Waals surface area contributed by atoms with E-state index in [0.717, 1.165) is 38.1 Å². The first-order valence-corrected chi connectivity index (χ1v) is 11.4. The van der Waals surface area contributed by atoms with E-state index in [-0.39, 0.29) is 5.97 Å². The van der Waals surface area contributed by atoms with E-state index < -0.39 is 0 Å². The summed E-state index contributed by atoms with van der Waals surface area (Å²) in [5.41, 5.74) is 1.36. The monoisotopic (exact) mass is 455 g/mol. The number of fused-ring (bicyclic) bond motifs is 1. The minimum atomic E-state index is -0.229. The van der Waals surface area contributed by atoms with Gasteiger partial charge in [0.25, 0.3) is 0 Å². The molecule has 0 N–H and O–H groups in total. The summed E-state index contributed by atoms with van der Waals surface area (Å²) in [4.78, 5) is 15.3. The standard InChI is InChI=1S/C26H33NO6/c1-29-21-7-5-18(6-8-21)19-13-20-11-17(9-10-27(20)16-19)12-25(28)33-22-14-23(30-2)26(32-4)24(15-22)31-3/h5-8,14-15,17,19-20H,9-13,16H2,1-4H3. The number of ether oxygens (including phenoxy) is 5. The van der Waals surface area contributed by atoms with Gasteiger partial charge in [0.2, 0.25) is 5.75 Å². The maximum atomic E-state index is 12.7. The fourth-order valence-corrected chi connectivity index (χ4v) is 5.18. The number of rotatable bonds is 8. The molecule has 2 aliphatic heterocycles. The van der Waals surface area contributed by atoms with Gasteiger partial charge in [-0.05, 0) is 55.3 Å². The topological polar surface area (TPSA) is 66.5 Å². The minimum Gasteiger partial charge on any atom is -0.497 e. The summed E-state index contributed by atoms with van der Waals surface area (Å²) >= 11 is 0. The van der Waals surface area contributed by atoms with Crippen LogP contribution in [0.25, 0.3) is 0 Å². The number of methoxy groups -OCH3 is 4. The van der Waals surface area contributed by atoms with E-state index in [1.165, 1.54) is 19.8 Å². The van der Waals surface area contributed by atoms with Crippen LogP contribution in [0.4, 0.5) is 0 Å². The molecule has 0 saturated carbocycles. The second-order valence-electron chi connectivity index (χ2n) is 8.78. The van der Waals surface area contributed by atoms with Gasteiger partial charge in [-0.3, -0.25) is 9.69 Å². The number of benzene rings is 2. The third-order valence-electron chi connectivity index (χ3n) is 6.87. The first-order valence-electron chi connectivity index (χ1n) is 11.4. The lowest BCUT2D eigenvalue weighted by molar-refractivity contribution is -0.135. The zero-order valence-electron chi connectivity index (χ0n) is 19.8. The highest BCUT2D eigenvalue weighted by Crippen LogP contribution is 2.42. The van der Waals surface area contributed by atoms with Crippen molar-refractivity contribution in [1.29, 1.82) is 0 Å². The zero-order valence-corrected chi connectivity index (χ0v) is 19.8. The molecule has 3 atom stereocenters. The quantitative estimate of drug-likeness (QED) is 0.435. The average molecular weight is 456 g/mol. The van der Waals surface area contributed by atoms with Crippen LogP contribution >= 0.6 is 0 Å². The van der Waals surface area contributed by atoms with Crippen LogP contribution in [0, 0.1) is 5.92 Å². The first-order chi connectivity index (χ1) is 16.0. The van der Waals surface area contributed by atoms with E-state index >= 15 is 0 Å². The molecule has 0 aromatic heterocycles. The molecule has 3 unspecified atom stereocenters. The van der Waals surface area contributed by atoms with Crippen molar-refractivity contribution in [3.8, 4) is 28.7 Å². The molecule has 2 heterocycles. The van der Waals surface area contributed by atoms with Gasteiger partial charge in [0.1, 0.15) is 11.5 Å². The number of esters is 1. The highest BCUT2D eigenvalue weighted by molar-refractivity contribution is 5.73. The van der Waals surface area contributed by atoms with Gasteiger partial charge in [-0.1, -0.05) is 12.1 Å². The van der Waals surface area contributed by atoms with Gasteiger partial charge in [0, 0.05) is 31.1 Å². The van der Waals surface area contributed by atoms with E-state index in [9.17, 15) is 4.79 Å². The van der Waals surface area contributed by atoms with Crippen LogP contribution in [0.2, 0.25) is 0 Å². The molecule has 7 nitrogen and oxygen atoms in total. The fraction of sp³-hybridized carbons (Fsp3) is 0.500. The molecule has 2 fully saturated rings. The second-order valence-corrected chi connectivity index (χ2v) is 8.78. The summed E-state index contributed by atoms with van der Waals surface area (Å²) < 4.78 is 27.0. The molecule has 2 aliphatic rings. The number of piperidine rings is 1. The zero-order chi connectivity index (χ0) is 23.4. The normalized spacial score (nSPS) is 22.4. The summed E-state index contributed by atoms with van der Waals surface area (Å²) in [6.45, 7) is 2.11. The molecule has 2 aromatic carbocycles. The van der Waals surface area contributed by atoms with Crippen LogP contribution in [0.1, 0.15) is 37.2 Å². The van der Waals surface area contributed by atoms with Gasteiger partial charge in [-0.2, -0.15) is 0 Å². The maximum Gasteiger partial charge on any atom is 0.311 e. The molecule has 0 amide bonds. The average Bonchev–Trinajstić information content (AvgIpc) is 3.26. The lowest BCUT2D eigenvalue weighted by Crippen LogP contribution is -2.38. The summed E-state index contributed by atoms with van der Waals surface area (Å²) in [5.74, 6) is 3.31. The van der Waals surface area contributed by atoms with Crippen molar-refractivity contribution in [2.24, 2.45) is 5.92 Å². The van der Waals surface area contributed by atoms with Crippen LogP contribution in [0.3, 0.4) is 0 Å². The van der Waals surface area contributed by atoms with Crippen molar-refractivity contribution < 1.29 is 28.5 Å². The molecule has 4 rings (SSSR count). The maximum absolute atomic E-state index is 12.7. The summed E-state index contributed by atoms with van der Waals surface area (Å²) in [6.07, 6.45) is 3.58. The van der Waals surface area contributed by atoms with E-state index in [1.807, 2.05) is 12.1 Å². The van der Waals surface area contributed by atoms with E-state index in [2.05, 4.69) is 17.0 Å². The van der Waals surface area contributed by atoms with Gasteiger partial charge < -0.3 is 23.7 Å². The molecular formula is C26H33NO6. The Bertz CT molecular complexity index is 935. The molecule has 178 valence electrons. The Morgan fingerprint density at radius 1 is 0.909 bits per heavy atom. The Morgan fingerprint density at radius 3 is 2.21 bits per heavy atom. The molecular weight excluding hydrogens is 422 g/mol. The predicted molar refractivity (Wildman–Crippen MR) is 125 cm³/mol. The van der Waals surface area contributed by atoms with Crippen LogP contribution in [-0.2, 0) is 4.79 Å². The van der Waals surface area contributed by atoms with Gasteiger partial charge in [-0.15, -0.1) is 0 Å². The lowest BCUT2D eigenvalue weighted by Gasteiger charge is -2.34. The summed E-state index contributed by atoms with van der Waals surface area (Å²) in [7, 11) is 6.31. The smallest absolute Gasteiger partial charge is 0.311 e. The van der Waals surface area contributed by atoms with Gasteiger partial charge in [-0.25, -0.2) is 0 Å². The Hall–Kier alpha value is -2.93. The van der Waals surface area contributed by atoms with Gasteiger partial charge in [0.05, 0.1) is 28.4 Å². The van der Waals surface area contributed by atoms with E-state index in [4.69, 9.17) is 23.7 Å². The van der Waals surface area contributed by atoms with Gasteiger partial charge in [0.15, 0.2) is 11.5 Å². The molecule has 2 aromatic rings. The minimum absolute atomic E-state index is 0.229. The van der Waals surface area contributed by atoms with Crippen molar-refractivity contribution in [3.05, 3.63) is 42.0 Å². The number of hydrogen-bond donors (Lipinski definition) is 0. The molecule has 7 heteroatoms. The third kappa shape index (κ3) is 5.19. The Kier molecular flexibility index (Phi) is 7.28. The molecule has 0 spiro atoms. The largest absolute Gasteiger partial charge is 0.497 e. The van der Waals surface area contributed by atoms with Crippen molar-refractivity contribution in [2.75, 3.05) is 41.5 Å². The summed E-state index contributed by atoms with van der Waals surface area (Å²) in [6, 6.07) is 12.2. The number of carbonyl (C=O) groups is 1. The van der Waals surface area contributed by atoms with E-state index in [1.54, 1.807) is 26.4 Å².